The van der Waals surface area contributed by atoms with Gasteiger partial charge >= 0.3 is 5.97 Å². The average molecular weight is 299 g/mol. The Morgan fingerprint density at radius 1 is 1.14 bits per heavy atom. The molecule has 2 aromatic rings. The van der Waals surface area contributed by atoms with Crippen molar-refractivity contribution in [1.29, 1.82) is 0 Å². The zero-order valence-electron chi connectivity index (χ0n) is 12.4. The van der Waals surface area contributed by atoms with Gasteiger partial charge in [-0.1, -0.05) is 12.1 Å². The lowest BCUT2D eigenvalue weighted by molar-refractivity contribution is -0.122. The lowest BCUT2D eigenvalue weighted by Gasteiger charge is -2.15. The molecule has 1 atom stereocenters. The van der Waals surface area contributed by atoms with Crippen molar-refractivity contribution in [2.24, 2.45) is 0 Å². The first-order chi connectivity index (χ1) is 10.5. The number of carbonyl (C=O) groups excluding carboxylic acids is 1. The molecule has 5 heteroatoms. The van der Waals surface area contributed by atoms with Crippen LogP contribution in [-0.2, 0) is 4.79 Å². The quantitative estimate of drug-likeness (QED) is 0.889. The average Bonchev–Trinajstić information content (AvgIpc) is 2.47. The number of benzene rings is 2. The van der Waals surface area contributed by atoms with Gasteiger partial charge in [-0.3, -0.25) is 4.79 Å². The predicted molar refractivity (Wildman–Crippen MR) is 83.3 cm³/mol. The van der Waals surface area contributed by atoms with E-state index in [1.807, 2.05) is 25.1 Å². The van der Waals surface area contributed by atoms with Crippen molar-refractivity contribution < 1.29 is 19.4 Å². The molecule has 1 unspecified atom stereocenters. The summed E-state index contributed by atoms with van der Waals surface area (Å²) in [6.45, 7) is 3.60. The number of carboxylic acid groups (broad SMARTS) is 1. The third-order valence-electron chi connectivity index (χ3n) is 3.07. The Morgan fingerprint density at radius 3 is 2.41 bits per heavy atom. The van der Waals surface area contributed by atoms with E-state index in [0.29, 0.717) is 11.4 Å². The molecule has 2 aromatic carbocycles. The van der Waals surface area contributed by atoms with Crippen LogP contribution in [0.2, 0.25) is 0 Å². The monoisotopic (exact) mass is 299 g/mol. The highest BCUT2D eigenvalue weighted by atomic mass is 16.5. The molecule has 0 radical (unpaired) electrons. The molecule has 0 fully saturated rings. The summed E-state index contributed by atoms with van der Waals surface area (Å²) in [5.41, 5.74) is 1.74. The summed E-state index contributed by atoms with van der Waals surface area (Å²) < 4.78 is 5.58. The maximum Gasteiger partial charge on any atom is 0.335 e. The lowest BCUT2D eigenvalue weighted by atomic mass is 10.2. The number of amides is 1. The molecule has 114 valence electrons. The van der Waals surface area contributed by atoms with Gasteiger partial charge in [-0.2, -0.15) is 0 Å². The number of aryl methyl sites for hydroxylation is 1. The molecule has 5 nitrogen and oxygen atoms in total. The largest absolute Gasteiger partial charge is 0.481 e. The summed E-state index contributed by atoms with van der Waals surface area (Å²) in [5.74, 6) is -0.678. The van der Waals surface area contributed by atoms with Crippen LogP contribution in [0.1, 0.15) is 22.8 Å². The Labute approximate surface area is 128 Å². The normalized spacial score (nSPS) is 11.5. The number of ether oxygens (including phenoxy) is 1. The number of aromatic carboxylic acids is 1. The zero-order chi connectivity index (χ0) is 16.1. The van der Waals surface area contributed by atoms with Gasteiger partial charge in [-0.25, -0.2) is 4.79 Å². The van der Waals surface area contributed by atoms with E-state index in [-0.39, 0.29) is 11.5 Å². The summed E-state index contributed by atoms with van der Waals surface area (Å²) >= 11 is 0. The summed E-state index contributed by atoms with van der Waals surface area (Å²) in [6.07, 6.45) is -0.666. The van der Waals surface area contributed by atoms with Crippen molar-refractivity contribution in [1.82, 2.24) is 0 Å². The smallest absolute Gasteiger partial charge is 0.335 e. The summed E-state index contributed by atoms with van der Waals surface area (Å²) in [6, 6.07) is 13.4. The SMILES string of the molecule is Cc1cccc(OC(C)C(=O)Nc2ccc(C(=O)O)cc2)c1. The molecule has 0 bridgehead atoms. The number of hydrogen-bond acceptors (Lipinski definition) is 3. The molecule has 0 saturated carbocycles. The summed E-state index contributed by atoms with van der Waals surface area (Å²) in [5, 5.41) is 11.5. The van der Waals surface area contributed by atoms with Gasteiger partial charge in [-0.05, 0) is 55.8 Å². The Balaban J connectivity index is 1.97. The summed E-state index contributed by atoms with van der Waals surface area (Å²) in [7, 11) is 0. The van der Waals surface area contributed by atoms with Gasteiger partial charge in [0, 0.05) is 5.69 Å². The molecular formula is C17H17NO4. The second-order valence-electron chi connectivity index (χ2n) is 4.95. The van der Waals surface area contributed by atoms with Crippen molar-refractivity contribution in [3.05, 3.63) is 59.7 Å². The van der Waals surface area contributed by atoms with Crippen molar-refractivity contribution in [3.63, 3.8) is 0 Å². The van der Waals surface area contributed by atoms with Crippen LogP contribution in [0.3, 0.4) is 0 Å². The molecule has 0 aromatic heterocycles. The lowest BCUT2D eigenvalue weighted by Crippen LogP contribution is -2.30. The van der Waals surface area contributed by atoms with E-state index in [2.05, 4.69) is 5.32 Å². The fourth-order valence-electron chi connectivity index (χ4n) is 1.89. The maximum absolute atomic E-state index is 12.1. The molecule has 0 aliphatic carbocycles. The predicted octanol–water partition coefficient (Wildman–Crippen LogP) is 3.10. The highest BCUT2D eigenvalue weighted by Crippen LogP contribution is 2.15. The molecule has 22 heavy (non-hydrogen) atoms. The molecule has 1 amide bonds. The number of rotatable bonds is 5. The van der Waals surface area contributed by atoms with Crippen LogP contribution in [0, 0.1) is 6.92 Å². The van der Waals surface area contributed by atoms with Gasteiger partial charge < -0.3 is 15.2 Å². The Kier molecular flexibility index (Phi) is 4.78. The van der Waals surface area contributed by atoms with Crippen molar-refractivity contribution >= 4 is 17.6 Å². The molecule has 2 rings (SSSR count). The minimum absolute atomic E-state index is 0.169. The van der Waals surface area contributed by atoms with Crippen LogP contribution in [0.4, 0.5) is 5.69 Å². The maximum atomic E-state index is 12.1. The van der Waals surface area contributed by atoms with Gasteiger partial charge in [0.15, 0.2) is 6.10 Å². The van der Waals surface area contributed by atoms with Gasteiger partial charge in [0.1, 0.15) is 5.75 Å². The van der Waals surface area contributed by atoms with Crippen LogP contribution in [0.25, 0.3) is 0 Å². The van der Waals surface area contributed by atoms with Gasteiger partial charge in [-0.15, -0.1) is 0 Å². The van der Waals surface area contributed by atoms with Crippen LogP contribution >= 0.6 is 0 Å². The van der Waals surface area contributed by atoms with E-state index in [1.165, 1.54) is 12.1 Å². The highest BCUT2D eigenvalue weighted by Gasteiger charge is 2.15. The van der Waals surface area contributed by atoms with Crippen LogP contribution < -0.4 is 10.1 Å². The van der Waals surface area contributed by atoms with E-state index in [1.54, 1.807) is 25.1 Å². The fourth-order valence-corrected chi connectivity index (χ4v) is 1.89. The third-order valence-corrected chi connectivity index (χ3v) is 3.07. The summed E-state index contributed by atoms with van der Waals surface area (Å²) in [4.78, 5) is 22.8. The van der Waals surface area contributed by atoms with E-state index >= 15 is 0 Å². The Hall–Kier alpha value is -2.82. The second kappa shape index (κ2) is 6.76. The molecule has 0 saturated heterocycles. The topological polar surface area (TPSA) is 75.6 Å². The number of anilines is 1. The molecular weight excluding hydrogens is 282 g/mol. The van der Waals surface area contributed by atoms with Crippen molar-refractivity contribution in [2.45, 2.75) is 20.0 Å². The van der Waals surface area contributed by atoms with Crippen LogP contribution in [-0.4, -0.2) is 23.1 Å². The minimum Gasteiger partial charge on any atom is -0.481 e. The minimum atomic E-state index is -1.01. The first-order valence-corrected chi connectivity index (χ1v) is 6.83. The molecule has 0 aliphatic rings. The van der Waals surface area contributed by atoms with Crippen LogP contribution in [0.5, 0.6) is 5.75 Å². The van der Waals surface area contributed by atoms with Crippen molar-refractivity contribution in [2.75, 3.05) is 5.32 Å². The number of hydrogen-bond donors (Lipinski definition) is 2. The first-order valence-electron chi connectivity index (χ1n) is 6.83. The number of carboxylic acids is 1. The molecule has 0 heterocycles. The Bertz CT molecular complexity index is 679. The first kappa shape index (κ1) is 15.6. The van der Waals surface area contributed by atoms with E-state index < -0.39 is 12.1 Å². The van der Waals surface area contributed by atoms with Crippen LogP contribution in [0.15, 0.2) is 48.5 Å². The van der Waals surface area contributed by atoms with Crippen molar-refractivity contribution in [3.8, 4) is 5.75 Å². The standard InChI is InChI=1S/C17H17NO4/c1-11-4-3-5-15(10-11)22-12(2)16(19)18-14-8-6-13(7-9-14)17(20)21/h3-10,12H,1-2H3,(H,18,19)(H,20,21). The third kappa shape index (κ3) is 4.09. The van der Waals surface area contributed by atoms with Gasteiger partial charge in [0.25, 0.3) is 5.91 Å². The number of nitrogens with one attached hydrogen (secondary N) is 1. The highest BCUT2D eigenvalue weighted by molar-refractivity contribution is 5.95. The fraction of sp³-hybridized carbons (Fsp3) is 0.176. The molecule has 0 aliphatic heterocycles. The van der Waals surface area contributed by atoms with E-state index in [4.69, 9.17) is 9.84 Å². The van der Waals surface area contributed by atoms with Gasteiger partial charge in [0.05, 0.1) is 5.56 Å². The Morgan fingerprint density at radius 2 is 1.82 bits per heavy atom. The molecule has 0 spiro atoms. The number of carbonyl (C=O) groups is 2. The molecule has 2 N–H and O–H groups in total. The van der Waals surface area contributed by atoms with Gasteiger partial charge in [0.2, 0.25) is 0 Å². The van der Waals surface area contributed by atoms with E-state index in [9.17, 15) is 9.59 Å². The zero-order valence-corrected chi connectivity index (χ0v) is 12.4. The second-order valence-corrected chi connectivity index (χ2v) is 4.95. The van der Waals surface area contributed by atoms with E-state index in [0.717, 1.165) is 5.56 Å².